The van der Waals surface area contributed by atoms with Gasteiger partial charge in [0.1, 0.15) is 23.1 Å². The number of aryl methyl sites for hydroxylation is 1. The summed E-state index contributed by atoms with van der Waals surface area (Å²) in [5.41, 5.74) is 3.66. The van der Waals surface area contributed by atoms with Gasteiger partial charge in [-0.3, -0.25) is 9.69 Å². The van der Waals surface area contributed by atoms with Crippen LogP contribution in [0.15, 0.2) is 76.4 Å². The second-order valence-electron chi connectivity index (χ2n) is 9.94. The molecule has 0 N–H and O–H groups in total. The molecule has 1 saturated heterocycles. The molecule has 0 aliphatic carbocycles. The summed E-state index contributed by atoms with van der Waals surface area (Å²) in [6.45, 7) is 3.79. The van der Waals surface area contributed by atoms with E-state index in [-0.39, 0.29) is 34.0 Å². The molecule has 2 aromatic carbocycles. The number of halogens is 1. The van der Waals surface area contributed by atoms with Crippen LogP contribution in [0.25, 0.3) is 11.0 Å². The van der Waals surface area contributed by atoms with Crippen molar-refractivity contribution in [1.29, 1.82) is 5.26 Å². The van der Waals surface area contributed by atoms with Crippen molar-refractivity contribution < 1.29 is 12.8 Å². The van der Waals surface area contributed by atoms with E-state index in [1.165, 1.54) is 23.0 Å². The molecule has 39 heavy (non-hydrogen) atoms. The van der Waals surface area contributed by atoms with Gasteiger partial charge in [-0.05, 0) is 54.4 Å². The molecule has 0 spiro atoms. The van der Waals surface area contributed by atoms with E-state index in [1.54, 1.807) is 55.6 Å². The van der Waals surface area contributed by atoms with Crippen molar-refractivity contribution in [2.75, 3.05) is 30.8 Å². The van der Waals surface area contributed by atoms with E-state index < -0.39 is 9.84 Å². The third-order valence-corrected chi connectivity index (χ3v) is 8.41. The van der Waals surface area contributed by atoms with Crippen molar-refractivity contribution in [3.8, 4) is 6.07 Å². The van der Waals surface area contributed by atoms with Gasteiger partial charge in [-0.2, -0.15) is 5.26 Å². The Morgan fingerprint density at radius 3 is 2.46 bits per heavy atom. The van der Waals surface area contributed by atoms with Crippen molar-refractivity contribution >= 4 is 26.6 Å². The van der Waals surface area contributed by atoms with Crippen LogP contribution in [-0.4, -0.2) is 54.8 Å². The lowest BCUT2D eigenvalue weighted by Gasteiger charge is -2.44. The van der Waals surface area contributed by atoms with Crippen LogP contribution in [0, 0.1) is 17.1 Å². The molecule has 1 aliphatic rings. The molecule has 3 heterocycles. The molecule has 200 valence electrons. The summed E-state index contributed by atoms with van der Waals surface area (Å²) in [6, 6.07) is 19.8. The highest BCUT2D eigenvalue weighted by Crippen LogP contribution is 2.34. The highest BCUT2D eigenvalue weighted by molar-refractivity contribution is 7.90. The van der Waals surface area contributed by atoms with Gasteiger partial charge < -0.3 is 9.47 Å². The summed E-state index contributed by atoms with van der Waals surface area (Å²) in [7, 11) is -1.73. The lowest BCUT2D eigenvalue weighted by Crippen LogP contribution is -2.53. The van der Waals surface area contributed by atoms with Crippen molar-refractivity contribution in [2.24, 2.45) is 7.05 Å². The molecule has 2 aromatic heterocycles. The van der Waals surface area contributed by atoms with Gasteiger partial charge in [0.05, 0.1) is 22.1 Å². The first-order chi connectivity index (χ1) is 18.6. The first-order valence-electron chi connectivity index (χ1n) is 12.5. The van der Waals surface area contributed by atoms with Gasteiger partial charge in [0.15, 0.2) is 9.84 Å². The number of hydrogen-bond acceptors (Lipinski definition) is 7. The third kappa shape index (κ3) is 5.15. The molecule has 2 atom stereocenters. The monoisotopic (exact) mass is 545 g/mol. The molecule has 5 rings (SSSR count). The Morgan fingerprint density at radius 1 is 1.05 bits per heavy atom. The fourth-order valence-corrected chi connectivity index (χ4v) is 6.02. The number of hydrogen-bond donors (Lipinski definition) is 0. The highest BCUT2D eigenvalue weighted by Gasteiger charge is 2.32. The number of sulfone groups is 1. The smallest absolute Gasteiger partial charge is 0.252 e. The molecule has 4 aromatic rings. The maximum atomic E-state index is 13.8. The second-order valence-corrected chi connectivity index (χ2v) is 12.0. The molecule has 0 radical (unpaired) electrons. The fraction of sp³-hybridized carbons (Fsp3) is 0.276. The van der Waals surface area contributed by atoms with Crippen molar-refractivity contribution in [3.05, 3.63) is 99.7 Å². The molecule has 1 fully saturated rings. The summed E-state index contributed by atoms with van der Waals surface area (Å²) < 4.78 is 39.9. The summed E-state index contributed by atoms with van der Waals surface area (Å²) >= 11 is 0. The van der Waals surface area contributed by atoms with E-state index in [1.807, 2.05) is 6.07 Å². The number of anilines is 1. The Bertz CT molecular complexity index is 1760. The van der Waals surface area contributed by atoms with Crippen LogP contribution in [0.2, 0.25) is 0 Å². The van der Waals surface area contributed by atoms with E-state index in [0.29, 0.717) is 36.4 Å². The standard InChI is InChI=1S/C29H28FN5O3S/c1-19-18-34(13-14-35(19)26-16-27(36)33(2)25-12-11-23(17-31)32-28(25)26)29(20-7-9-22(30)10-8-20)21-5-4-6-24(15-21)39(3,37)38/h4-12,15-16,19,29H,13-14,18H2,1-3H3/t19-,29?/m0/s1. The molecule has 1 unspecified atom stereocenters. The van der Waals surface area contributed by atoms with Gasteiger partial charge in [0, 0.05) is 45.0 Å². The van der Waals surface area contributed by atoms with Gasteiger partial charge in [-0.25, -0.2) is 17.8 Å². The quantitative estimate of drug-likeness (QED) is 0.378. The van der Waals surface area contributed by atoms with E-state index in [2.05, 4.69) is 27.8 Å². The fourth-order valence-electron chi connectivity index (χ4n) is 5.35. The minimum Gasteiger partial charge on any atom is -0.364 e. The number of nitrogens with zero attached hydrogens (tertiary/aromatic N) is 5. The first-order valence-corrected chi connectivity index (χ1v) is 14.4. The SMILES string of the molecule is C[C@H]1CN(C(c2ccc(F)cc2)c2cccc(S(C)(=O)=O)c2)CCN1c1cc(=O)n(C)c2ccc(C#N)nc12. The lowest BCUT2D eigenvalue weighted by atomic mass is 9.95. The van der Waals surface area contributed by atoms with Crippen molar-refractivity contribution in [1.82, 2.24) is 14.5 Å². The van der Waals surface area contributed by atoms with Crippen molar-refractivity contribution in [3.63, 3.8) is 0 Å². The van der Waals surface area contributed by atoms with E-state index in [0.717, 1.165) is 11.1 Å². The second kappa shape index (κ2) is 10.2. The number of aromatic nitrogens is 2. The van der Waals surface area contributed by atoms with Crippen LogP contribution in [0.4, 0.5) is 10.1 Å². The zero-order chi connectivity index (χ0) is 27.9. The van der Waals surface area contributed by atoms with Crippen LogP contribution in [0.1, 0.15) is 29.8 Å². The Kier molecular flexibility index (Phi) is 6.97. The van der Waals surface area contributed by atoms with Crippen LogP contribution in [0.5, 0.6) is 0 Å². The van der Waals surface area contributed by atoms with E-state index in [4.69, 9.17) is 0 Å². The molecule has 10 heteroatoms. The summed E-state index contributed by atoms with van der Waals surface area (Å²) in [6.07, 6.45) is 1.18. The molecular formula is C29H28FN5O3S. The molecule has 0 bridgehead atoms. The highest BCUT2D eigenvalue weighted by atomic mass is 32.2. The summed E-state index contributed by atoms with van der Waals surface area (Å²) in [5, 5.41) is 9.41. The predicted octanol–water partition coefficient (Wildman–Crippen LogP) is 3.65. The Labute approximate surface area is 226 Å². The largest absolute Gasteiger partial charge is 0.364 e. The summed E-state index contributed by atoms with van der Waals surface area (Å²) in [5.74, 6) is -0.345. The predicted molar refractivity (Wildman–Crippen MR) is 148 cm³/mol. The lowest BCUT2D eigenvalue weighted by molar-refractivity contribution is 0.188. The number of rotatable bonds is 5. The van der Waals surface area contributed by atoms with Gasteiger partial charge in [-0.1, -0.05) is 24.3 Å². The number of piperazine rings is 1. The number of pyridine rings is 2. The molecular weight excluding hydrogens is 517 g/mol. The molecule has 1 aliphatic heterocycles. The van der Waals surface area contributed by atoms with Crippen LogP contribution in [-0.2, 0) is 16.9 Å². The minimum atomic E-state index is -3.42. The Balaban J connectivity index is 1.54. The average molecular weight is 546 g/mol. The van der Waals surface area contributed by atoms with Crippen LogP contribution >= 0.6 is 0 Å². The zero-order valence-corrected chi connectivity index (χ0v) is 22.7. The molecule has 0 amide bonds. The third-order valence-electron chi connectivity index (χ3n) is 7.30. The number of fused-ring (bicyclic) bond motifs is 1. The van der Waals surface area contributed by atoms with Gasteiger partial charge in [0.25, 0.3) is 5.56 Å². The zero-order valence-electron chi connectivity index (χ0n) is 21.9. The Hall–Kier alpha value is -4.07. The average Bonchev–Trinajstić information content (AvgIpc) is 2.92. The van der Waals surface area contributed by atoms with Crippen LogP contribution in [0.3, 0.4) is 0 Å². The summed E-state index contributed by atoms with van der Waals surface area (Å²) in [4.78, 5) is 21.9. The molecule has 8 nitrogen and oxygen atoms in total. The van der Waals surface area contributed by atoms with Crippen LogP contribution < -0.4 is 10.5 Å². The maximum Gasteiger partial charge on any atom is 0.252 e. The van der Waals surface area contributed by atoms with Crippen molar-refractivity contribution in [2.45, 2.75) is 23.9 Å². The number of nitriles is 1. The first kappa shape index (κ1) is 26.5. The number of benzene rings is 2. The topological polar surface area (TPSA) is 99.3 Å². The van der Waals surface area contributed by atoms with Gasteiger partial charge in [-0.15, -0.1) is 0 Å². The maximum absolute atomic E-state index is 13.8. The normalized spacial score (nSPS) is 17.2. The minimum absolute atomic E-state index is 0.0531. The van der Waals surface area contributed by atoms with E-state index in [9.17, 15) is 22.9 Å². The van der Waals surface area contributed by atoms with E-state index >= 15 is 0 Å². The molecule has 0 saturated carbocycles. The van der Waals surface area contributed by atoms with Gasteiger partial charge in [0.2, 0.25) is 0 Å². The Morgan fingerprint density at radius 2 is 1.79 bits per heavy atom. The van der Waals surface area contributed by atoms with Gasteiger partial charge >= 0.3 is 0 Å².